The van der Waals surface area contributed by atoms with Crippen LogP contribution in [0.25, 0.3) is 6.08 Å². The molecule has 0 saturated carbocycles. The molecule has 1 aliphatic carbocycles. The monoisotopic (exact) mass is 471 g/mol. The van der Waals surface area contributed by atoms with E-state index in [0.717, 1.165) is 54.0 Å². The number of carbonyl (C=O) groups excluding carboxylic acids is 2. The van der Waals surface area contributed by atoms with Crippen molar-refractivity contribution >= 4 is 45.8 Å². The Bertz CT molecular complexity index is 1020. The van der Waals surface area contributed by atoms with Gasteiger partial charge in [0.15, 0.2) is 0 Å². The summed E-state index contributed by atoms with van der Waals surface area (Å²) in [6.45, 7) is 1.57. The molecule has 4 rings (SSSR count). The third-order valence-electron chi connectivity index (χ3n) is 5.61. The molecule has 32 heavy (non-hydrogen) atoms. The summed E-state index contributed by atoms with van der Waals surface area (Å²) in [7, 11) is 0. The van der Waals surface area contributed by atoms with Gasteiger partial charge in [0, 0.05) is 29.0 Å². The number of nitrogens with one attached hydrogen (secondary N) is 2. The first-order chi connectivity index (χ1) is 15.6. The molecule has 2 amide bonds. The second kappa shape index (κ2) is 10.8. The van der Waals surface area contributed by atoms with Crippen LogP contribution in [0.5, 0.6) is 0 Å². The first-order valence-corrected chi connectivity index (χ1v) is 12.4. The lowest BCUT2D eigenvalue weighted by molar-refractivity contribution is -0.111. The molecule has 0 bridgehead atoms. The Hall–Kier alpha value is -2.67. The van der Waals surface area contributed by atoms with Crippen LogP contribution in [-0.4, -0.2) is 37.9 Å². The zero-order valence-electron chi connectivity index (χ0n) is 17.6. The summed E-state index contributed by atoms with van der Waals surface area (Å²) in [4.78, 5) is 26.4. The molecule has 0 aromatic carbocycles. The van der Waals surface area contributed by atoms with E-state index < -0.39 is 6.09 Å². The van der Waals surface area contributed by atoms with Crippen molar-refractivity contribution in [1.82, 2.24) is 5.32 Å². The van der Waals surface area contributed by atoms with E-state index >= 15 is 0 Å². The molecule has 1 saturated heterocycles. The van der Waals surface area contributed by atoms with Gasteiger partial charge in [0.2, 0.25) is 5.91 Å². The zero-order chi connectivity index (χ0) is 22.3. The topological polar surface area (TPSA) is 100 Å². The van der Waals surface area contributed by atoms with Gasteiger partial charge in [-0.05, 0) is 61.1 Å². The van der Waals surface area contributed by atoms with Crippen molar-refractivity contribution in [3.63, 3.8) is 0 Å². The summed E-state index contributed by atoms with van der Waals surface area (Å²) in [5, 5.41) is 17.8. The number of rotatable bonds is 7. The maximum atomic E-state index is 12.3. The Morgan fingerprint density at radius 2 is 2.28 bits per heavy atom. The van der Waals surface area contributed by atoms with Gasteiger partial charge in [-0.25, -0.2) is 4.79 Å². The zero-order valence-corrected chi connectivity index (χ0v) is 19.2. The molecule has 2 atom stereocenters. The van der Waals surface area contributed by atoms with Crippen molar-refractivity contribution in [3.05, 3.63) is 44.5 Å². The molecule has 1 aliphatic heterocycles. The highest BCUT2D eigenvalue weighted by atomic mass is 32.1. The highest BCUT2D eigenvalue weighted by molar-refractivity contribution is 7.16. The van der Waals surface area contributed by atoms with Crippen molar-refractivity contribution in [2.24, 2.45) is 5.92 Å². The molecule has 3 heterocycles. The minimum atomic E-state index is -0.416. The SMILES string of the molecule is N#Cc1c(NC(=O)/C=C/c2cccs2)sc2c1CCC(COC(=O)NCC1CCCO1)C2. The highest BCUT2D eigenvalue weighted by Crippen LogP contribution is 2.39. The minimum absolute atomic E-state index is 0.0871. The number of anilines is 1. The number of ether oxygens (including phenoxy) is 2. The van der Waals surface area contributed by atoms with Gasteiger partial charge in [0.1, 0.15) is 11.1 Å². The molecule has 0 radical (unpaired) electrons. The van der Waals surface area contributed by atoms with Crippen molar-refractivity contribution in [2.45, 2.75) is 38.2 Å². The van der Waals surface area contributed by atoms with Gasteiger partial charge >= 0.3 is 6.09 Å². The van der Waals surface area contributed by atoms with E-state index in [4.69, 9.17) is 9.47 Å². The fourth-order valence-electron chi connectivity index (χ4n) is 3.95. The second-order valence-electron chi connectivity index (χ2n) is 7.88. The molecular weight excluding hydrogens is 446 g/mol. The normalized spacial score (nSPS) is 20.0. The Labute approximate surface area is 195 Å². The van der Waals surface area contributed by atoms with E-state index in [-0.39, 0.29) is 17.9 Å². The number of nitriles is 1. The third kappa shape index (κ3) is 5.76. The predicted octanol–water partition coefficient (Wildman–Crippen LogP) is 4.34. The summed E-state index contributed by atoms with van der Waals surface area (Å²) in [6, 6.07) is 6.12. The van der Waals surface area contributed by atoms with E-state index in [0.29, 0.717) is 23.7 Å². The average molecular weight is 472 g/mol. The summed E-state index contributed by atoms with van der Waals surface area (Å²) in [5.74, 6) is -0.0558. The molecule has 2 aliphatic rings. The average Bonchev–Trinajstić information content (AvgIpc) is 3.55. The Morgan fingerprint density at radius 1 is 1.38 bits per heavy atom. The van der Waals surface area contributed by atoms with Crippen LogP contribution in [0.2, 0.25) is 0 Å². The summed E-state index contributed by atoms with van der Waals surface area (Å²) in [6.07, 6.45) is 7.22. The highest BCUT2D eigenvalue weighted by Gasteiger charge is 2.27. The molecule has 2 aromatic rings. The molecule has 168 valence electrons. The number of carbonyl (C=O) groups is 2. The summed E-state index contributed by atoms with van der Waals surface area (Å²) in [5.41, 5.74) is 1.56. The van der Waals surface area contributed by atoms with E-state index in [1.807, 2.05) is 17.5 Å². The van der Waals surface area contributed by atoms with Gasteiger partial charge in [-0.3, -0.25) is 4.79 Å². The Balaban J connectivity index is 1.30. The van der Waals surface area contributed by atoms with Crippen LogP contribution in [0.3, 0.4) is 0 Å². The number of fused-ring (bicyclic) bond motifs is 1. The Morgan fingerprint density at radius 3 is 3.03 bits per heavy atom. The standard InChI is InChI=1S/C23H25N3O4S2/c24-12-19-18-7-5-15(14-30-23(28)25-13-16-3-1-9-29-16)11-20(18)32-22(19)26-21(27)8-6-17-4-2-10-31-17/h2,4,6,8,10,15-16H,1,3,5,7,9,11,13-14H2,(H,25,28)(H,26,27)/b8-6+. The number of amides is 2. The van der Waals surface area contributed by atoms with E-state index in [9.17, 15) is 14.9 Å². The number of hydrogen-bond acceptors (Lipinski definition) is 7. The third-order valence-corrected chi connectivity index (χ3v) is 7.61. The van der Waals surface area contributed by atoms with Crippen LogP contribution in [-0.2, 0) is 27.1 Å². The molecular formula is C23H25N3O4S2. The molecule has 2 unspecified atom stereocenters. The first-order valence-electron chi connectivity index (χ1n) is 10.7. The van der Waals surface area contributed by atoms with Gasteiger partial charge in [-0.15, -0.1) is 22.7 Å². The minimum Gasteiger partial charge on any atom is -0.449 e. The van der Waals surface area contributed by atoms with Crippen LogP contribution in [0.4, 0.5) is 9.80 Å². The van der Waals surface area contributed by atoms with Crippen LogP contribution in [0, 0.1) is 17.2 Å². The van der Waals surface area contributed by atoms with Gasteiger partial charge in [0.25, 0.3) is 0 Å². The first kappa shape index (κ1) is 22.5. The van der Waals surface area contributed by atoms with E-state index in [2.05, 4.69) is 16.7 Å². The largest absolute Gasteiger partial charge is 0.449 e. The Kier molecular flexibility index (Phi) is 7.58. The number of nitrogens with zero attached hydrogens (tertiary/aromatic N) is 1. The number of hydrogen-bond donors (Lipinski definition) is 2. The smallest absolute Gasteiger partial charge is 0.407 e. The maximum absolute atomic E-state index is 12.3. The van der Waals surface area contributed by atoms with Gasteiger partial charge in [-0.1, -0.05) is 6.07 Å². The number of thiophene rings is 2. The van der Waals surface area contributed by atoms with E-state index in [1.165, 1.54) is 17.4 Å². The maximum Gasteiger partial charge on any atom is 0.407 e. The van der Waals surface area contributed by atoms with Gasteiger partial charge < -0.3 is 20.1 Å². The summed E-state index contributed by atoms with van der Waals surface area (Å²) < 4.78 is 10.9. The van der Waals surface area contributed by atoms with Crippen LogP contribution in [0.15, 0.2) is 23.6 Å². The second-order valence-corrected chi connectivity index (χ2v) is 9.97. The van der Waals surface area contributed by atoms with Crippen molar-refractivity contribution in [3.8, 4) is 6.07 Å². The quantitative estimate of drug-likeness (QED) is 0.585. The van der Waals surface area contributed by atoms with Crippen LogP contribution < -0.4 is 10.6 Å². The van der Waals surface area contributed by atoms with Crippen molar-refractivity contribution < 1.29 is 19.1 Å². The van der Waals surface area contributed by atoms with Crippen molar-refractivity contribution in [1.29, 1.82) is 5.26 Å². The molecule has 2 N–H and O–H groups in total. The predicted molar refractivity (Wildman–Crippen MR) is 125 cm³/mol. The van der Waals surface area contributed by atoms with Gasteiger partial charge in [-0.2, -0.15) is 5.26 Å². The van der Waals surface area contributed by atoms with Crippen molar-refractivity contribution in [2.75, 3.05) is 25.1 Å². The molecule has 1 fully saturated rings. The van der Waals surface area contributed by atoms with Gasteiger partial charge in [0.05, 0.1) is 18.3 Å². The lowest BCUT2D eigenvalue weighted by atomic mass is 9.88. The fraction of sp³-hybridized carbons (Fsp3) is 0.435. The lowest BCUT2D eigenvalue weighted by Gasteiger charge is -2.22. The van der Waals surface area contributed by atoms with E-state index in [1.54, 1.807) is 17.4 Å². The molecule has 0 spiro atoms. The lowest BCUT2D eigenvalue weighted by Crippen LogP contribution is -2.33. The number of alkyl carbamates (subject to hydrolysis) is 1. The fourth-order valence-corrected chi connectivity index (χ4v) is 5.88. The molecule has 7 nitrogen and oxygen atoms in total. The molecule has 2 aromatic heterocycles. The molecule has 9 heteroatoms. The van der Waals surface area contributed by atoms with Crippen LogP contribution in [0.1, 0.15) is 40.1 Å². The summed E-state index contributed by atoms with van der Waals surface area (Å²) >= 11 is 3.00. The van der Waals surface area contributed by atoms with Crippen LogP contribution >= 0.6 is 22.7 Å².